The number of carbonyl (C=O) groups excluding carboxylic acids is 1. The number of rotatable bonds is 6. The summed E-state index contributed by atoms with van der Waals surface area (Å²) in [5, 5.41) is 9.30. The zero-order valence-electron chi connectivity index (χ0n) is 16.6. The van der Waals surface area contributed by atoms with Crippen LogP contribution in [0, 0.1) is 0 Å². The minimum Gasteiger partial charge on any atom is -0.493 e. The van der Waals surface area contributed by atoms with Gasteiger partial charge in [0.2, 0.25) is 0 Å². The quantitative estimate of drug-likeness (QED) is 0.676. The Bertz CT molecular complexity index is 958. The van der Waals surface area contributed by atoms with Gasteiger partial charge in [-0.05, 0) is 18.2 Å². The van der Waals surface area contributed by atoms with E-state index < -0.39 is 0 Å². The Morgan fingerprint density at radius 2 is 2.04 bits per heavy atom. The first-order chi connectivity index (χ1) is 13.3. The van der Waals surface area contributed by atoms with Crippen molar-refractivity contribution in [2.24, 2.45) is 7.05 Å². The van der Waals surface area contributed by atoms with Crippen molar-refractivity contribution in [2.45, 2.75) is 32.8 Å². The molecule has 0 saturated heterocycles. The smallest absolute Gasteiger partial charge is 0.256 e. The van der Waals surface area contributed by atoms with Crippen molar-refractivity contribution in [1.29, 1.82) is 0 Å². The van der Waals surface area contributed by atoms with Crippen molar-refractivity contribution in [3.63, 3.8) is 0 Å². The first-order valence-corrected chi connectivity index (χ1v) is 9.76. The molecule has 0 spiro atoms. The molecule has 7 nitrogen and oxygen atoms in total. The molecule has 0 aliphatic heterocycles. The van der Waals surface area contributed by atoms with E-state index in [1.807, 2.05) is 11.4 Å². The number of aryl methyl sites for hydroxylation is 1. The first kappa shape index (κ1) is 19.9. The minimum absolute atomic E-state index is 0.0970. The van der Waals surface area contributed by atoms with E-state index in [0.29, 0.717) is 29.5 Å². The SMILES string of the molecule is COc1cc(C(=O)Nc2cc(C(C)(C)C)nn2C)ccc1OCc1cscn1. The van der Waals surface area contributed by atoms with E-state index in [2.05, 4.69) is 36.2 Å². The summed E-state index contributed by atoms with van der Waals surface area (Å²) < 4.78 is 12.8. The van der Waals surface area contributed by atoms with Crippen LogP contribution in [0.1, 0.15) is 42.5 Å². The average Bonchev–Trinajstić information content (AvgIpc) is 3.29. The molecule has 8 heteroatoms. The van der Waals surface area contributed by atoms with Gasteiger partial charge in [-0.2, -0.15) is 5.10 Å². The van der Waals surface area contributed by atoms with Crippen LogP contribution in [0.5, 0.6) is 11.5 Å². The zero-order valence-corrected chi connectivity index (χ0v) is 17.5. The van der Waals surface area contributed by atoms with E-state index in [4.69, 9.17) is 9.47 Å². The van der Waals surface area contributed by atoms with Gasteiger partial charge in [0.15, 0.2) is 11.5 Å². The molecule has 0 aliphatic carbocycles. The van der Waals surface area contributed by atoms with Gasteiger partial charge < -0.3 is 14.8 Å². The predicted molar refractivity (Wildman–Crippen MR) is 109 cm³/mol. The molecule has 1 N–H and O–H groups in total. The summed E-state index contributed by atoms with van der Waals surface area (Å²) in [6.45, 7) is 6.58. The molecule has 1 aromatic carbocycles. The molecule has 0 fully saturated rings. The second-order valence-electron chi connectivity index (χ2n) is 7.38. The lowest BCUT2D eigenvalue weighted by Crippen LogP contribution is -2.14. The number of thiazole rings is 1. The Morgan fingerprint density at radius 3 is 2.64 bits per heavy atom. The van der Waals surface area contributed by atoms with Gasteiger partial charge in [0.05, 0.1) is 24.0 Å². The highest BCUT2D eigenvalue weighted by atomic mass is 32.1. The maximum atomic E-state index is 12.7. The fourth-order valence-corrected chi connectivity index (χ4v) is 3.07. The minimum atomic E-state index is -0.243. The third kappa shape index (κ3) is 4.51. The van der Waals surface area contributed by atoms with Crippen LogP contribution < -0.4 is 14.8 Å². The molecule has 2 heterocycles. The molecule has 0 atom stereocenters. The molecular formula is C20H24N4O3S. The van der Waals surface area contributed by atoms with Gasteiger partial charge in [-0.1, -0.05) is 20.8 Å². The fraction of sp³-hybridized carbons (Fsp3) is 0.350. The normalized spacial score (nSPS) is 11.3. The number of carbonyl (C=O) groups is 1. The molecule has 148 valence electrons. The summed E-state index contributed by atoms with van der Waals surface area (Å²) in [6.07, 6.45) is 0. The van der Waals surface area contributed by atoms with E-state index in [0.717, 1.165) is 11.4 Å². The summed E-state index contributed by atoms with van der Waals surface area (Å²) in [6, 6.07) is 6.98. The van der Waals surface area contributed by atoms with E-state index >= 15 is 0 Å². The van der Waals surface area contributed by atoms with Crippen LogP contribution in [0.4, 0.5) is 5.82 Å². The number of hydrogen-bond donors (Lipinski definition) is 1. The van der Waals surface area contributed by atoms with Gasteiger partial charge in [-0.25, -0.2) is 4.98 Å². The van der Waals surface area contributed by atoms with Gasteiger partial charge in [0.25, 0.3) is 5.91 Å². The number of amides is 1. The van der Waals surface area contributed by atoms with Crippen molar-refractivity contribution in [3.8, 4) is 11.5 Å². The lowest BCUT2D eigenvalue weighted by atomic mass is 9.92. The molecular weight excluding hydrogens is 376 g/mol. The summed E-state index contributed by atoms with van der Waals surface area (Å²) >= 11 is 1.51. The number of ether oxygens (including phenoxy) is 2. The highest BCUT2D eigenvalue weighted by molar-refractivity contribution is 7.07. The van der Waals surface area contributed by atoms with Crippen molar-refractivity contribution < 1.29 is 14.3 Å². The Hall–Kier alpha value is -2.87. The monoisotopic (exact) mass is 400 g/mol. The van der Waals surface area contributed by atoms with Gasteiger partial charge in [0.1, 0.15) is 12.4 Å². The summed E-state index contributed by atoms with van der Waals surface area (Å²) in [5.41, 5.74) is 3.89. The summed E-state index contributed by atoms with van der Waals surface area (Å²) in [5.74, 6) is 1.44. The van der Waals surface area contributed by atoms with Gasteiger partial charge in [-0.15, -0.1) is 11.3 Å². The van der Waals surface area contributed by atoms with Crippen LogP contribution in [0.15, 0.2) is 35.2 Å². The van der Waals surface area contributed by atoms with Crippen molar-refractivity contribution in [3.05, 3.63) is 52.1 Å². The number of nitrogens with one attached hydrogen (secondary N) is 1. The third-order valence-corrected chi connectivity index (χ3v) is 4.81. The van der Waals surface area contributed by atoms with E-state index in [9.17, 15) is 4.79 Å². The molecule has 3 rings (SSSR count). The molecule has 2 aromatic heterocycles. The Morgan fingerprint density at radius 1 is 1.25 bits per heavy atom. The largest absolute Gasteiger partial charge is 0.493 e. The molecule has 0 bridgehead atoms. The van der Waals surface area contributed by atoms with E-state index in [1.165, 1.54) is 11.3 Å². The third-order valence-electron chi connectivity index (χ3n) is 4.17. The molecule has 0 saturated carbocycles. The molecule has 1 amide bonds. The van der Waals surface area contributed by atoms with Gasteiger partial charge in [-0.3, -0.25) is 9.48 Å². The highest BCUT2D eigenvalue weighted by Crippen LogP contribution is 2.29. The maximum absolute atomic E-state index is 12.7. The Balaban J connectivity index is 1.74. The molecule has 3 aromatic rings. The van der Waals surface area contributed by atoms with E-state index in [-0.39, 0.29) is 11.3 Å². The molecule has 0 unspecified atom stereocenters. The standard InChI is InChI=1S/C20H24N4O3S/c1-20(2,3)17-9-18(24(4)23-17)22-19(25)13-6-7-15(16(8-13)26-5)27-10-14-11-28-12-21-14/h6-9,11-12H,10H2,1-5H3,(H,22,25). The number of methoxy groups -OCH3 is 1. The maximum Gasteiger partial charge on any atom is 0.256 e. The Kier molecular flexibility index (Phi) is 5.69. The number of benzene rings is 1. The summed E-state index contributed by atoms with van der Waals surface area (Å²) in [7, 11) is 3.35. The van der Waals surface area contributed by atoms with Crippen LogP contribution in [0.2, 0.25) is 0 Å². The fourth-order valence-electron chi connectivity index (χ4n) is 2.53. The second kappa shape index (κ2) is 8.02. The van der Waals surface area contributed by atoms with Crippen LogP contribution >= 0.6 is 11.3 Å². The predicted octanol–water partition coefficient (Wildman–Crippen LogP) is 4.01. The zero-order chi connectivity index (χ0) is 20.3. The number of nitrogens with zero attached hydrogens (tertiary/aromatic N) is 3. The summed E-state index contributed by atoms with van der Waals surface area (Å²) in [4.78, 5) is 16.9. The number of hydrogen-bond acceptors (Lipinski definition) is 6. The van der Waals surface area contributed by atoms with Crippen LogP contribution in [-0.4, -0.2) is 27.8 Å². The van der Waals surface area contributed by atoms with Crippen LogP contribution in [-0.2, 0) is 19.1 Å². The second-order valence-corrected chi connectivity index (χ2v) is 8.10. The molecule has 0 radical (unpaired) electrons. The van der Waals surface area contributed by atoms with Gasteiger partial charge >= 0.3 is 0 Å². The molecule has 28 heavy (non-hydrogen) atoms. The first-order valence-electron chi connectivity index (χ1n) is 8.81. The highest BCUT2D eigenvalue weighted by Gasteiger charge is 2.20. The number of anilines is 1. The van der Waals surface area contributed by atoms with Crippen molar-refractivity contribution in [1.82, 2.24) is 14.8 Å². The van der Waals surface area contributed by atoms with Gasteiger partial charge in [0, 0.05) is 29.5 Å². The van der Waals surface area contributed by atoms with Crippen LogP contribution in [0.3, 0.4) is 0 Å². The lowest BCUT2D eigenvalue weighted by molar-refractivity contribution is 0.102. The average molecular weight is 401 g/mol. The van der Waals surface area contributed by atoms with E-state index in [1.54, 1.807) is 42.5 Å². The van der Waals surface area contributed by atoms with Crippen molar-refractivity contribution in [2.75, 3.05) is 12.4 Å². The number of aromatic nitrogens is 3. The van der Waals surface area contributed by atoms with Crippen molar-refractivity contribution >= 4 is 23.1 Å². The topological polar surface area (TPSA) is 78.3 Å². The lowest BCUT2D eigenvalue weighted by Gasteiger charge is -2.13. The Labute approximate surface area is 168 Å². The molecule has 0 aliphatic rings. The van der Waals surface area contributed by atoms with Crippen LogP contribution in [0.25, 0.3) is 0 Å².